The van der Waals surface area contributed by atoms with E-state index in [9.17, 15) is 9.18 Å². The van der Waals surface area contributed by atoms with Gasteiger partial charge in [-0.1, -0.05) is 11.6 Å². The molecule has 0 unspecified atom stereocenters. The number of carboxylic acids is 1. The molecule has 0 aliphatic heterocycles. The Morgan fingerprint density at radius 1 is 1.50 bits per heavy atom. The highest BCUT2D eigenvalue weighted by Crippen LogP contribution is 2.23. The van der Waals surface area contributed by atoms with Crippen molar-refractivity contribution in [2.45, 2.75) is 0 Å². The van der Waals surface area contributed by atoms with Crippen molar-refractivity contribution in [2.24, 2.45) is 0 Å². The Morgan fingerprint density at radius 3 is 2.78 bits per heavy atom. The molecule has 0 atom stereocenters. The summed E-state index contributed by atoms with van der Waals surface area (Å²) in [5.74, 6) is -1.53. The monoisotopic (exact) mass is 270 g/mol. The number of aromatic nitrogens is 2. The quantitative estimate of drug-likeness (QED) is 0.930. The summed E-state index contributed by atoms with van der Waals surface area (Å²) in [7, 11) is 1.38. The van der Waals surface area contributed by atoms with Crippen LogP contribution in [0.25, 0.3) is 5.69 Å². The van der Waals surface area contributed by atoms with Crippen LogP contribution in [-0.4, -0.2) is 28.0 Å². The molecule has 0 radical (unpaired) electrons. The molecule has 0 saturated carbocycles. The minimum absolute atomic E-state index is 0.0815. The fourth-order valence-electron chi connectivity index (χ4n) is 1.42. The Morgan fingerprint density at radius 2 is 2.22 bits per heavy atom. The lowest BCUT2D eigenvalue weighted by atomic mass is 10.3. The van der Waals surface area contributed by atoms with E-state index in [4.69, 9.17) is 21.4 Å². The van der Waals surface area contributed by atoms with Crippen molar-refractivity contribution >= 4 is 17.6 Å². The van der Waals surface area contributed by atoms with Gasteiger partial charge in [0.05, 0.1) is 17.8 Å². The van der Waals surface area contributed by atoms with Crippen LogP contribution >= 0.6 is 11.6 Å². The van der Waals surface area contributed by atoms with Gasteiger partial charge in [0.2, 0.25) is 5.88 Å². The summed E-state index contributed by atoms with van der Waals surface area (Å²) in [6, 6.07) is 5.18. The maximum Gasteiger partial charge on any atom is 0.356 e. The van der Waals surface area contributed by atoms with Crippen LogP contribution in [0.15, 0.2) is 24.3 Å². The number of hydrogen-bond acceptors (Lipinski definition) is 3. The van der Waals surface area contributed by atoms with E-state index in [-0.39, 0.29) is 16.6 Å². The number of carboxylic acid groups (broad SMARTS) is 1. The molecule has 94 valence electrons. The first-order valence-electron chi connectivity index (χ1n) is 4.85. The van der Waals surface area contributed by atoms with Crippen molar-refractivity contribution in [2.75, 3.05) is 7.11 Å². The SMILES string of the molecule is COc1cc(C(=O)O)nn1-c1ccc(F)c(Cl)c1. The molecule has 1 aromatic carbocycles. The first-order valence-corrected chi connectivity index (χ1v) is 5.23. The number of carbonyl (C=O) groups is 1. The van der Waals surface area contributed by atoms with Crippen LogP contribution in [0.2, 0.25) is 5.02 Å². The zero-order valence-corrected chi connectivity index (χ0v) is 9.98. The fraction of sp³-hybridized carbons (Fsp3) is 0.0909. The molecule has 0 amide bonds. The average Bonchev–Trinajstić information content (AvgIpc) is 2.77. The lowest BCUT2D eigenvalue weighted by Gasteiger charge is -2.06. The number of hydrogen-bond donors (Lipinski definition) is 1. The van der Waals surface area contributed by atoms with Crippen molar-refractivity contribution in [3.63, 3.8) is 0 Å². The minimum atomic E-state index is -1.18. The second-order valence-corrected chi connectivity index (χ2v) is 3.79. The molecular weight excluding hydrogens is 263 g/mol. The molecule has 2 aromatic rings. The number of rotatable bonds is 3. The molecule has 18 heavy (non-hydrogen) atoms. The molecule has 0 saturated heterocycles. The maximum absolute atomic E-state index is 13.0. The number of nitrogens with zero attached hydrogens (tertiary/aromatic N) is 2. The predicted octanol–water partition coefficient (Wildman–Crippen LogP) is 2.37. The summed E-state index contributed by atoms with van der Waals surface area (Å²) in [6.45, 7) is 0. The third-order valence-corrected chi connectivity index (χ3v) is 2.54. The molecule has 1 heterocycles. The van der Waals surface area contributed by atoms with E-state index >= 15 is 0 Å². The van der Waals surface area contributed by atoms with E-state index in [1.54, 1.807) is 0 Å². The minimum Gasteiger partial charge on any atom is -0.481 e. The lowest BCUT2D eigenvalue weighted by Crippen LogP contribution is -2.02. The normalized spacial score (nSPS) is 10.4. The molecule has 1 N–H and O–H groups in total. The van der Waals surface area contributed by atoms with Gasteiger partial charge in [-0.05, 0) is 18.2 Å². The summed E-state index contributed by atoms with van der Waals surface area (Å²) in [5, 5.41) is 12.6. The molecule has 0 fully saturated rings. The van der Waals surface area contributed by atoms with Gasteiger partial charge in [0.1, 0.15) is 5.82 Å². The van der Waals surface area contributed by atoms with Gasteiger partial charge in [-0.2, -0.15) is 5.10 Å². The Labute approximate surface area is 106 Å². The van der Waals surface area contributed by atoms with Crippen LogP contribution in [0.3, 0.4) is 0 Å². The molecule has 0 aliphatic rings. The van der Waals surface area contributed by atoms with Crippen LogP contribution in [0.4, 0.5) is 4.39 Å². The van der Waals surface area contributed by atoms with Crippen molar-refractivity contribution in [1.82, 2.24) is 9.78 Å². The van der Waals surface area contributed by atoms with Gasteiger partial charge in [-0.3, -0.25) is 0 Å². The van der Waals surface area contributed by atoms with Gasteiger partial charge in [-0.25, -0.2) is 13.9 Å². The van der Waals surface area contributed by atoms with Crippen LogP contribution < -0.4 is 4.74 Å². The standard InChI is InChI=1S/C11H8ClFN2O3/c1-18-10-5-9(11(16)17)14-15(10)6-2-3-8(13)7(12)4-6/h2-5H,1H3,(H,16,17). The van der Waals surface area contributed by atoms with E-state index in [0.717, 1.165) is 0 Å². The first-order chi connectivity index (χ1) is 8.52. The maximum atomic E-state index is 13.0. The van der Waals surface area contributed by atoms with Crippen molar-refractivity contribution < 1.29 is 19.0 Å². The first kappa shape index (κ1) is 12.4. The van der Waals surface area contributed by atoms with Crippen molar-refractivity contribution in [1.29, 1.82) is 0 Å². The van der Waals surface area contributed by atoms with Gasteiger partial charge < -0.3 is 9.84 Å². The molecule has 5 nitrogen and oxygen atoms in total. The zero-order valence-electron chi connectivity index (χ0n) is 9.22. The van der Waals surface area contributed by atoms with E-state index < -0.39 is 11.8 Å². The lowest BCUT2D eigenvalue weighted by molar-refractivity contribution is 0.0690. The van der Waals surface area contributed by atoms with Crippen molar-refractivity contribution in [3.8, 4) is 11.6 Å². The number of aromatic carboxylic acids is 1. The molecule has 0 bridgehead atoms. The molecule has 0 spiro atoms. The second kappa shape index (κ2) is 4.66. The summed E-state index contributed by atoms with van der Waals surface area (Å²) >= 11 is 5.66. The third-order valence-electron chi connectivity index (χ3n) is 2.25. The molecule has 0 aliphatic carbocycles. The van der Waals surface area contributed by atoms with Crippen LogP contribution in [0.5, 0.6) is 5.88 Å². The summed E-state index contributed by atoms with van der Waals surface area (Å²) < 4.78 is 19.3. The van der Waals surface area contributed by atoms with Crippen LogP contribution in [0.1, 0.15) is 10.5 Å². The van der Waals surface area contributed by atoms with Gasteiger partial charge in [0, 0.05) is 6.07 Å². The van der Waals surface area contributed by atoms with Gasteiger partial charge in [0.25, 0.3) is 0 Å². The molecule has 7 heteroatoms. The molecule has 1 aromatic heterocycles. The highest BCUT2D eigenvalue weighted by Gasteiger charge is 2.15. The van der Waals surface area contributed by atoms with Crippen molar-refractivity contribution in [3.05, 3.63) is 40.8 Å². The zero-order chi connectivity index (χ0) is 13.3. The Balaban J connectivity index is 2.55. The van der Waals surface area contributed by atoms with Gasteiger partial charge in [-0.15, -0.1) is 0 Å². The van der Waals surface area contributed by atoms with E-state index in [0.29, 0.717) is 5.69 Å². The van der Waals surface area contributed by atoms with E-state index in [1.807, 2.05) is 0 Å². The van der Waals surface area contributed by atoms with Gasteiger partial charge >= 0.3 is 5.97 Å². The largest absolute Gasteiger partial charge is 0.481 e. The smallest absolute Gasteiger partial charge is 0.356 e. The number of halogens is 2. The second-order valence-electron chi connectivity index (χ2n) is 3.39. The van der Waals surface area contributed by atoms with Gasteiger partial charge in [0.15, 0.2) is 5.69 Å². The summed E-state index contributed by atoms with van der Waals surface area (Å²) in [5.41, 5.74) is 0.234. The van der Waals surface area contributed by atoms with Crippen LogP contribution in [0, 0.1) is 5.82 Å². The average molecular weight is 271 g/mol. The Bertz CT molecular complexity index is 612. The summed E-state index contributed by atoms with van der Waals surface area (Å²) in [6.07, 6.45) is 0. The molecule has 2 rings (SSSR count). The van der Waals surface area contributed by atoms with Crippen LogP contribution in [-0.2, 0) is 0 Å². The number of ether oxygens (including phenoxy) is 1. The summed E-state index contributed by atoms with van der Waals surface area (Å²) in [4.78, 5) is 10.8. The topological polar surface area (TPSA) is 64.3 Å². The fourth-order valence-corrected chi connectivity index (χ4v) is 1.59. The van der Waals surface area contributed by atoms with E-state index in [2.05, 4.69) is 5.10 Å². The highest BCUT2D eigenvalue weighted by molar-refractivity contribution is 6.30. The van der Waals surface area contributed by atoms with E-state index in [1.165, 1.54) is 36.1 Å². The number of benzene rings is 1. The molecular formula is C11H8ClFN2O3. The predicted molar refractivity (Wildman–Crippen MR) is 62.0 cm³/mol. The Hall–Kier alpha value is -2.08. The highest BCUT2D eigenvalue weighted by atomic mass is 35.5. The third kappa shape index (κ3) is 2.14. The number of methoxy groups -OCH3 is 1. The Kier molecular flexibility index (Phi) is 3.20.